The molecule has 0 aromatic heterocycles. The summed E-state index contributed by atoms with van der Waals surface area (Å²) >= 11 is 0. The maximum Gasteiger partial charge on any atom is 0.494 e. The van der Waals surface area contributed by atoms with Crippen molar-refractivity contribution in [1.29, 1.82) is 5.26 Å². The van der Waals surface area contributed by atoms with E-state index in [0.29, 0.717) is 16.8 Å². The molecule has 1 aliphatic heterocycles. The summed E-state index contributed by atoms with van der Waals surface area (Å²) in [4.78, 5) is 12.5. The van der Waals surface area contributed by atoms with Crippen molar-refractivity contribution >= 4 is 24.2 Å². The van der Waals surface area contributed by atoms with Crippen molar-refractivity contribution in [3.63, 3.8) is 0 Å². The Labute approximate surface area is 154 Å². The van der Waals surface area contributed by atoms with E-state index in [1.54, 1.807) is 36.4 Å². The molecule has 3 rings (SSSR count). The first-order valence-corrected chi connectivity index (χ1v) is 8.49. The molecule has 1 saturated heterocycles. The lowest BCUT2D eigenvalue weighted by Gasteiger charge is -2.32. The number of hydrogen-bond donors (Lipinski definition) is 1. The fourth-order valence-electron chi connectivity index (χ4n) is 2.64. The lowest BCUT2D eigenvalue weighted by molar-refractivity contribution is 0.00578. The molecule has 132 valence electrons. The van der Waals surface area contributed by atoms with E-state index in [-0.39, 0.29) is 5.91 Å². The second-order valence-electron chi connectivity index (χ2n) is 7.36. The summed E-state index contributed by atoms with van der Waals surface area (Å²) in [5.41, 5.74) is 1.63. The van der Waals surface area contributed by atoms with Crippen LogP contribution in [-0.4, -0.2) is 24.2 Å². The molecular formula is C20H21BN2O3. The predicted octanol–water partition coefficient (Wildman–Crippen LogP) is 3.11. The number of hydrogen-bond acceptors (Lipinski definition) is 4. The summed E-state index contributed by atoms with van der Waals surface area (Å²) in [7, 11) is -0.511. The van der Waals surface area contributed by atoms with Crippen LogP contribution in [0.3, 0.4) is 0 Å². The zero-order valence-corrected chi connectivity index (χ0v) is 15.4. The molecule has 2 aromatic rings. The van der Waals surface area contributed by atoms with Crippen LogP contribution < -0.4 is 10.8 Å². The van der Waals surface area contributed by atoms with Gasteiger partial charge >= 0.3 is 7.12 Å². The summed E-state index contributed by atoms with van der Waals surface area (Å²) in [5.74, 6) is -0.229. The molecule has 0 unspecified atom stereocenters. The molecule has 6 heteroatoms. The summed E-state index contributed by atoms with van der Waals surface area (Å²) in [6.45, 7) is 7.98. The van der Waals surface area contributed by atoms with Crippen LogP contribution in [0.1, 0.15) is 43.6 Å². The Morgan fingerprint density at radius 2 is 1.65 bits per heavy atom. The third-order valence-corrected chi connectivity index (χ3v) is 4.95. The largest absolute Gasteiger partial charge is 0.494 e. The zero-order valence-electron chi connectivity index (χ0n) is 15.4. The van der Waals surface area contributed by atoms with E-state index >= 15 is 0 Å². The van der Waals surface area contributed by atoms with E-state index in [1.807, 2.05) is 39.8 Å². The van der Waals surface area contributed by atoms with Crippen LogP contribution in [0, 0.1) is 11.3 Å². The van der Waals surface area contributed by atoms with Crippen molar-refractivity contribution in [2.75, 3.05) is 5.32 Å². The van der Waals surface area contributed by atoms with Gasteiger partial charge in [0.15, 0.2) is 0 Å². The molecule has 0 atom stereocenters. The molecule has 5 nitrogen and oxygen atoms in total. The van der Waals surface area contributed by atoms with Gasteiger partial charge in [-0.15, -0.1) is 0 Å². The first kappa shape index (κ1) is 18.2. The first-order valence-electron chi connectivity index (χ1n) is 8.49. The molecular weight excluding hydrogens is 327 g/mol. The second-order valence-corrected chi connectivity index (χ2v) is 7.36. The Kier molecular flexibility index (Phi) is 4.62. The molecule has 0 radical (unpaired) electrons. The van der Waals surface area contributed by atoms with Gasteiger partial charge < -0.3 is 14.6 Å². The zero-order chi connectivity index (χ0) is 18.9. The molecule has 2 aromatic carbocycles. The Morgan fingerprint density at radius 3 is 2.23 bits per heavy atom. The summed E-state index contributed by atoms with van der Waals surface area (Å²) in [6.07, 6.45) is 0. The summed E-state index contributed by atoms with van der Waals surface area (Å²) in [5, 5.41) is 11.7. The van der Waals surface area contributed by atoms with Crippen molar-refractivity contribution in [3.8, 4) is 6.07 Å². The number of anilines is 1. The van der Waals surface area contributed by atoms with E-state index in [1.165, 1.54) is 0 Å². The van der Waals surface area contributed by atoms with Gasteiger partial charge in [0.25, 0.3) is 5.91 Å². The number of amides is 1. The van der Waals surface area contributed by atoms with Crippen molar-refractivity contribution in [2.45, 2.75) is 38.9 Å². The Hall–Kier alpha value is -2.62. The molecule has 0 spiro atoms. The van der Waals surface area contributed by atoms with Crippen LogP contribution in [0.4, 0.5) is 5.69 Å². The van der Waals surface area contributed by atoms with Crippen LogP contribution in [-0.2, 0) is 9.31 Å². The van der Waals surface area contributed by atoms with E-state index < -0.39 is 18.3 Å². The SMILES string of the molecule is CC1(C)OB(c2cccc(C(=O)Nc3ccc(C#N)cc3)c2)OC1(C)C. The maximum atomic E-state index is 12.5. The third kappa shape index (κ3) is 3.50. The average Bonchev–Trinajstić information content (AvgIpc) is 2.83. The van der Waals surface area contributed by atoms with E-state index in [9.17, 15) is 4.79 Å². The number of nitrogens with one attached hydrogen (secondary N) is 1. The maximum absolute atomic E-state index is 12.5. The molecule has 0 aliphatic carbocycles. The summed E-state index contributed by atoms with van der Waals surface area (Å²) < 4.78 is 12.1. The van der Waals surface area contributed by atoms with Crippen LogP contribution in [0.15, 0.2) is 48.5 Å². The number of carbonyl (C=O) groups is 1. The van der Waals surface area contributed by atoms with Gasteiger partial charge in [0.1, 0.15) is 0 Å². The van der Waals surface area contributed by atoms with Gasteiger partial charge in [-0.2, -0.15) is 5.26 Å². The molecule has 26 heavy (non-hydrogen) atoms. The Balaban J connectivity index is 1.77. The van der Waals surface area contributed by atoms with Gasteiger partial charge in [0.05, 0.1) is 22.8 Å². The Morgan fingerprint density at radius 1 is 1.04 bits per heavy atom. The highest BCUT2D eigenvalue weighted by molar-refractivity contribution is 6.62. The predicted molar refractivity (Wildman–Crippen MR) is 101 cm³/mol. The monoisotopic (exact) mass is 348 g/mol. The van der Waals surface area contributed by atoms with Crippen LogP contribution in [0.25, 0.3) is 0 Å². The lowest BCUT2D eigenvalue weighted by atomic mass is 9.78. The fraction of sp³-hybridized carbons (Fsp3) is 0.300. The number of rotatable bonds is 3. The topological polar surface area (TPSA) is 71.3 Å². The third-order valence-electron chi connectivity index (χ3n) is 4.95. The average molecular weight is 348 g/mol. The number of carbonyl (C=O) groups excluding carboxylic acids is 1. The molecule has 1 N–H and O–H groups in total. The van der Waals surface area contributed by atoms with E-state index in [2.05, 4.69) is 11.4 Å². The van der Waals surface area contributed by atoms with Gasteiger partial charge in [0.2, 0.25) is 0 Å². The van der Waals surface area contributed by atoms with Crippen LogP contribution >= 0.6 is 0 Å². The molecule has 1 fully saturated rings. The van der Waals surface area contributed by atoms with Gasteiger partial charge in [-0.1, -0.05) is 12.1 Å². The summed E-state index contributed by atoms with van der Waals surface area (Å²) in [6, 6.07) is 16.0. The van der Waals surface area contributed by atoms with Gasteiger partial charge in [-0.3, -0.25) is 4.79 Å². The number of benzene rings is 2. The van der Waals surface area contributed by atoms with Crippen molar-refractivity contribution in [3.05, 3.63) is 59.7 Å². The highest BCUT2D eigenvalue weighted by atomic mass is 16.7. The van der Waals surface area contributed by atoms with Crippen molar-refractivity contribution in [2.24, 2.45) is 0 Å². The number of nitrogens with zero attached hydrogens (tertiary/aromatic N) is 1. The van der Waals surface area contributed by atoms with Crippen molar-refractivity contribution < 1.29 is 14.1 Å². The highest BCUT2D eigenvalue weighted by Crippen LogP contribution is 2.36. The minimum absolute atomic E-state index is 0.229. The minimum Gasteiger partial charge on any atom is -0.399 e. The molecule has 0 bridgehead atoms. The standard InChI is InChI=1S/C20H21BN2O3/c1-19(2)20(3,4)26-21(25-19)16-7-5-6-15(12-16)18(24)23-17-10-8-14(13-22)9-11-17/h5-12H,1-4H3,(H,23,24). The van der Waals surface area contributed by atoms with E-state index in [0.717, 1.165) is 5.46 Å². The fourth-order valence-corrected chi connectivity index (χ4v) is 2.64. The van der Waals surface area contributed by atoms with Crippen LogP contribution in [0.2, 0.25) is 0 Å². The second kappa shape index (κ2) is 6.60. The van der Waals surface area contributed by atoms with Crippen LogP contribution in [0.5, 0.6) is 0 Å². The van der Waals surface area contributed by atoms with Gasteiger partial charge in [-0.05, 0) is 69.6 Å². The molecule has 1 heterocycles. The Bertz CT molecular complexity index is 853. The smallest absolute Gasteiger partial charge is 0.399 e. The normalized spacial score (nSPS) is 17.6. The number of nitriles is 1. The molecule has 0 saturated carbocycles. The van der Waals surface area contributed by atoms with Gasteiger partial charge in [0, 0.05) is 11.3 Å². The quantitative estimate of drug-likeness (QED) is 0.866. The molecule has 1 amide bonds. The minimum atomic E-state index is -0.511. The lowest BCUT2D eigenvalue weighted by Crippen LogP contribution is -2.41. The van der Waals surface area contributed by atoms with Gasteiger partial charge in [-0.25, -0.2) is 0 Å². The first-order chi connectivity index (χ1) is 12.2. The highest BCUT2D eigenvalue weighted by Gasteiger charge is 2.51. The van der Waals surface area contributed by atoms with Crippen molar-refractivity contribution in [1.82, 2.24) is 0 Å². The van der Waals surface area contributed by atoms with E-state index in [4.69, 9.17) is 14.6 Å². The molecule has 1 aliphatic rings.